The summed E-state index contributed by atoms with van der Waals surface area (Å²) in [7, 11) is 0. The highest BCUT2D eigenvalue weighted by molar-refractivity contribution is 6.42. The normalized spacial score (nSPS) is 21.8. The zero-order valence-electron chi connectivity index (χ0n) is 16.9. The third-order valence-electron chi connectivity index (χ3n) is 6.12. The third-order valence-corrected chi connectivity index (χ3v) is 6.84. The molecule has 0 aliphatic carbocycles. The highest BCUT2D eigenvalue weighted by Crippen LogP contribution is 2.43. The number of ether oxygens (including phenoxy) is 1. The predicted molar refractivity (Wildman–Crippen MR) is 117 cm³/mol. The SMILES string of the molecule is CCC1c2cc(Cl)c(Cl)cc2OCC1C(=O)N1CCN(Cc2ccc(F)cc2)CC1. The molecule has 0 spiro atoms. The molecule has 2 aliphatic rings. The van der Waals surface area contributed by atoms with E-state index in [0.717, 1.165) is 42.9 Å². The van der Waals surface area contributed by atoms with E-state index in [0.29, 0.717) is 29.7 Å². The first-order chi connectivity index (χ1) is 14.5. The molecule has 30 heavy (non-hydrogen) atoms. The lowest BCUT2D eigenvalue weighted by Crippen LogP contribution is -2.51. The van der Waals surface area contributed by atoms with Crippen LogP contribution in [0.25, 0.3) is 0 Å². The first-order valence-electron chi connectivity index (χ1n) is 10.3. The van der Waals surface area contributed by atoms with E-state index in [1.54, 1.807) is 6.07 Å². The average molecular weight is 451 g/mol. The van der Waals surface area contributed by atoms with Gasteiger partial charge in [-0.05, 0) is 35.7 Å². The predicted octanol–water partition coefficient (Wildman–Crippen LogP) is 4.98. The Hall–Kier alpha value is -1.82. The largest absolute Gasteiger partial charge is 0.492 e. The van der Waals surface area contributed by atoms with Crippen LogP contribution in [0.1, 0.15) is 30.4 Å². The van der Waals surface area contributed by atoms with Gasteiger partial charge in [-0.1, -0.05) is 42.3 Å². The number of piperazine rings is 1. The van der Waals surface area contributed by atoms with Gasteiger partial charge in [0.2, 0.25) is 5.91 Å². The van der Waals surface area contributed by atoms with Gasteiger partial charge in [-0.25, -0.2) is 4.39 Å². The van der Waals surface area contributed by atoms with Crippen molar-refractivity contribution in [3.05, 3.63) is 63.4 Å². The summed E-state index contributed by atoms with van der Waals surface area (Å²) in [4.78, 5) is 17.6. The Labute approximate surface area is 186 Å². The summed E-state index contributed by atoms with van der Waals surface area (Å²) in [6.45, 7) is 6.17. The summed E-state index contributed by atoms with van der Waals surface area (Å²) in [5.41, 5.74) is 2.04. The fraction of sp³-hybridized carbons (Fsp3) is 0.435. The van der Waals surface area contributed by atoms with E-state index in [2.05, 4.69) is 11.8 Å². The second kappa shape index (κ2) is 9.13. The number of amides is 1. The van der Waals surface area contributed by atoms with Crippen LogP contribution < -0.4 is 4.74 Å². The third kappa shape index (κ3) is 4.43. The minimum atomic E-state index is -0.223. The number of hydrogen-bond donors (Lipinski definition) is 0. The highest BCUT2D eigenvalue weighted by Gasteiger charge is 2.38. The lowest BCUT2D eigenvalue weighted by molar-refractivity contribution is -0.139. The van der Waals surface area contributed by atoms with Crippen LogP contribution >= 0.6 is 23.2 Å². The fourth-order valence-electron chi connectivity index (χ4n) is 4.43. The summed E-state index contributed by atoms with van der Waals surface area (Å²) in [5.74, 6) is 0.487. The van der Waals surface area contributed by atoms with Gasteiger partial charge in [0.15, 0.2) is 0 Å². The van der Waals surface area contributed by atoms with Gasteiger partial charge in [0.1, 0.15) is 18.2 Å². The van der Waals surface area contributed by atoms with Gasteiger partial charge in [-0.15, -0.1) is 0 Å². The summed E-state index contributed by atoms with van der Waals surface area (Å²) in [6, 6.07) is 10.2. The molecule has 0 bridgehead atoms. The molecule has 0 saturated carbocycles. The first-order valence-corrected chi connectivity index (χ1v) is 11.1. The van der Waals surface area contributed by atoms with Crippen molar-refractivity contribution < 1.29 is 13.9 Å². The molecule has 0 aromatic heterocycles. The molecule has 160 valence electrons. The first kappa shape index (κ1) is 21.4. The van der Waals surface area contributed by atoms with Crippen molar-refractivity contribution in [1.82, 2.24) is 9.80 Å². The van der Waals surface area contributed by atoms with E-state index in [-0.39, 0.29) is 23.6 Å². The molecule has 1 amide bonds. The van der Waals surface area contributed by atoms with Crippen molar-refractivity contribution in [2.75, 3.05) is 32.8 Å². The van der Waals surface area contributed by atoms with Crippen LogP contribution in [0.4, 0.5) is 4.39 Å². The Kier molecular flexibility index (Phi) is 6.51. The van der Waals surface area contributed by atoms with Crippen molar-refractivity contribution in [2.45, 2.75) is 25.8 Å². The van der Waals surface area contributed by atoms with Gasteiger partial charge in [0.05, 0.1) is 16.0 Å². The number of carbonyl (C=O) groups is 1. The minimum Gasteiger partial charge on any atom is -0.492 e. The van der Waals surface area contributed by atoms with Crippen LogP contribution in [0.2, 0.25) is 10.0 Å². The van der Waals surface area contributed by atoms with Crippen LogP contribution in [-0.4, -0.2) is 48.5 Å². The lowest BCUT2D eigenvalue weighted by Gasteiger charge is -2.39. The van der Waals surface area contributed by atoms with Crippen LogP contribution in [0.3, 0.4) is 0 Å². The van der Waals surface area contributed by atoms with Crippen molar-refractivity contribution >= 4 is 29.1 Å². The number of nitrogens with zero attached hydrogens (tertiary/aromatic N) is 2. The molecule has 1 saturated heterocycles. The molecule has 4 rings (SSSR count). The Balaban J connectivity index is 1.40. The van der Waals surface area contributed by atoms with E-state index in [1.165, 1.54) is 12.1 Å². The van der Waals surface area contributed by atoms with E-state index >= 15 is 0 Å². The van der Waals surface area contributed by atoms with E-state index < -0.39 is 0 Å². The maximum absolute atomic E-state index is 13.3. The molecular formula is C23H25Cl2FN2O2. The molecule has 2 aliphatic heterocycles. The van der Waals surface area contributed by atoms with Crippen LogP contribution in [-0.2, 0) is 11.3 Å². The Morgan fingerprint density at radius 3 is 2.43 bits per heavy atom. The molecule has 0 N–H and O–H groups in total. The zero-order valence-corrected chi connectivity index (χ0v) is 18.4. The quantitative estimate of drug-likeness (QED) is 0.658. The Morgan fingerprint density at radius 2 is 1.77 bits per heavy atom. The number of hydrogen-bond acceptors (Lipinski definition) is 3. The van der Waals surface area contributed by atoms with E-state index in [9.17, 15) is 9.18 Å². The average Bonchev–Trinajstić information content (AvgIpc) is 2.75. The maximum Gasteiger partial charge on any atom is 0.229 e. The monoisotopic (exact) mass is 450 g/mol. The molecule has 2 heterocycles. The molecule has 0 radical (unpaired) electrons. The number of halogens is 3. The van der Waals surface area contributed by atoms with Gasteiger partial charge in [0, 0.05) is 44.7 Å². The molecule has 7 heteroatoms. The molecule has 1 fully saturated rings. The van der Waals surface area contributed by atoms with E-state index in [4.69, 9.17) is 27.9 Å². The smallest absolute Gasteiger partial charge is 0.229 e. The van der Waals surface area contributed by atoms with Gasteiger partial charge in [0.25, 0.3) is 0 Å². The molecule has 2 atom stereocenters. The summed E-state index contributed by atoms with van der Waals surface area (Å²) in [6.07, 6.45) is 0.829. The van der Waals surface area contributed by atoms with Gasteiger partial charge < -0.3 is 9.64 Å². The van der Waals surface area contributed by atoms with Crippen molar-refractivity contribution in [3.63, 3.8) is 0 Å². The van der Waals surface area contributed by atoms with Crippen molar-refractivity contribution in [2.24, 2.45) is 5.92 Å². The number of carbonyl (C=O) groups excluding carboxylic acids is 1. The van der Waals surface area contributed by atoms with Crippen LogP contribution in [0, 0.1) is 11.7 Å². The lowest BCUT2D eigenvalue weighted by atomic mass is 9.81. The van der Waals surface area contributed by atoms with Gasteiger partial charge in [-0.2, -0.15) is 0 Å². The molecule has 2 aromatic carbocycles. The number of benzene rings is 2. The molecular weight excluding hydrogens is 426 g/mol. The van der Waals surface area contributed by atoms with Crippen LogP contribution in [0.15, 0.2) is 36.4 Å². The second-order valence-electron chi connectivity index (χ2n) is 7.96. The van der Waals surface area contributed by atoms with Crippen molar-refractivity contribution in [1.29, 1.82) is 0 Å². The number of rotatable bonds is 4. The summed E-state index contributed by atoms with van der Waals surface area (Å²) < 4.78 is 19.0. The fourth-order valence-corrected chi connectivity index (χ4v) is 4.75. The minimum absolute atomic E-state index is 0.0632. The maximum atomic E-state index is 13.3. The molecule has 4 nitrogen and oxygen atoms in total. The summed E-state index contributed by atoms with van der Waals surface area (Å²) >= 11 is 12.4. The van der Waals surface area contributed by atoms with Crippen molar-refractivity contribution in [3.8, 4) is 5.75 Å². The summed E-state index contributed by atoms with van der Waals surface area (Å²) in [5, 5.41) is 0.951. The number of fused-ring (bicyclic) bond motifs is 1. The Bertz CT molecular complexity index is 914. The topological polar surface area (TPSA) is 32.8 Å². The van der Waals surface area contributed by atoms with Gasteiger partial charge >= 0.3 is 0 Å². The molecule has 2 unspecified atom stereocenters. The Morgan fingerprint density at radius 1 is 1.10 bits per heavy atom. The highest BCUT2D eigenvalue weighted by atomic mass is 35.5. The zero-order chi connectivity index (χ0) is 21.3. The van der Waals surface area contributed by atoms with E-state index in [1.807, 2.05) is 23.1 Å². The second-order valence-corrected chi connectivity index (χ2v) is 8.78. The standard InChI is InChI=1S/C23H25Cl2FN2O2/c1-2-17-18-11-20(24)21(25)12-22(18)30-14-19(17)23(29)28-9-7-27(8-10-28)13-15-3-5-16(26)6-4-15/h3-6,11-12,17,19H,2,7-10,13-14H2,1H3. The van der Waals surface area contributed by atoms with Crippen LogP contribution in [0.5, 0.6) is 5.75 Å². The van der Waals surface area contributed by atoms with Gasteiger partial charge in [-0.3, -0.25) is 9.69 Å². The molecule has 2 aromatic rings.